The van der Waals surface area contributed by atoms with E-state index < -0.39 is 0 Å². The zero-order valence-corrected chi connectivity index (χ0v) is 15.3. The summed E-state index contributed by atoms with van der Waals surface area (Å²) in [7, 11) is 2.12. The molecular formula is C18H28ClN3O2. The third-order valence-electron chi connectivity index (χ3n) is 5.23. The molecule has 3 rings (SSSR count). The Bertz CT molecular complexity index is 540. The number of likely N-dealkylation sites (N-methyl/N-ethyl adjacent to an activating group) is 1. The van der Waals surface area contributed by atoms with Crippen LogP contribution >= 0.6 is 11.6 Å². The van der Waals surface area contributed by atoms with Gasteiger partial charge in [-0.2, -0.15) is 0 Å². The van der Waals surface area contributed by atoms with Gasteiger partial charge in [0.2, 0.25) is 5.91 Å². The number of rotatable bonds is 5. The molecule has 0 saturated carbocycles. The SMILES string of the molecule is CN1CCN(C(=O)CC[C@@H]2CCCN(Cc3ccc(Cl)o3)C2)CC1. The Balaban J connectivity index is 1.41. The van der Waals surface area contributed by atoms with Crippen LogP contribution in [-0.2, 0) is 11.3 Å². The summed E-state index contributed by atoms with van der Waals surface area (Å²) in [6.07, 6.45) is 4.11. The fourth-order valence-electron chi connectivity index (χ4n) is 3.73. The summed E-state index contributed by atoms with van der Waals surface area (Å²) in [5.41, 5.74) is 0. The zero-order valence-electron chi connectivity index (χ0n) is 14.5. The molecule has 6 heteroatoms. The predicted molar refractivity (Wildman–Crippen MR) is 95.0 cm³/mol. The molecule has 0 aliphatic carbocycles. The van der Waals surface area contributed by atoms with Crippen LogP contribution in [-0.4, -0.2) is 66.9 Å². The van der Waals surface area contributed by atoms with Crippen molar-refractivity contribution in [2.24, 2.45) is 5.92 Å². The molecule has 0 unspecified atom stereocenters. The maximum absolute atomic E-state index is 12.4. The lowest BCUT2D eigenvalue weighted by Gasteiger charge is -2.34. The first kappa shape index (κ1) is 17.8. The molecule has 2 saturated heterocycles. The zero-order chi connectivity index (χ0) is 16.9. The summed E-state index contributed by atoms with van der Waals surface area (Å²) in [6.45, 7) is 6.71. The van der Waals surface area contributed by atoms with Gasteiger partial charge in [-0.15, -0.1) is 0 Å². The van der Waals surface area contributed by atoms with E-state index in [0.29, 0.717) is 23.5 Å². The highest BCUT2D eigenvalue weighted by Crippen LogP contribution is 2.24. The van der Waals surface area contributed by atoms with Crippen molar-refractivity contribution in [3.05, 3.63) is 23.1 Å². The second kappa shape index (κ2) is 8.37. The highest BCUT2D eigenvalue weighted by Gasteiger charge is 2.24. The minimum Gasteiger partial charge on any atom is -0.448 e. The minimum atomic E-state index is 0.332. The number of nitrogens with zero attached hydrogens (tertiary/aromatic N) is 3. The Kier molecular flexibility index (Phi) is 6.19. The second-order valence-corrected chi connectivity index (χ2v) is 7.54. The summed E-state index contributed by atoms with van der Waals surface area (Å²) < 4.78 is 5.47. The van der Waals surface area contributed by atoms with Gasteiger partial charge in [0.1, 0.15) is 5.76 Å². The molecule has 1 amide bonds. The number of carbonyl (C=O) groups excluding carboxylic acids is 1. The molecule has 0 radical (unpaired) electrons. The third kappa shape index (κ3) is 4.98. The standard InChI is InChI=1S/C18H28ClN3O2/c1-20-9-11-22(12-10-20)18(23)7-4-15-3-2-8-21(13-15)14-16-5-6-17(19)24-16/h5-6,15H,2-4,7-14H2,1H3/t15-/m0/s1. The minimum absolute atomic E-state index is 0.332. The van der Waals surface area contributed by atoms with Crippen LogP contribution < -0.4 is 0 Å². The average molecular weight is 354 g/mol. The molecule has 2 aliphatic rings. The van der Waals surface area contributed by atoms with Gasteiger partial charge >= 0.3 is 0 Å². The van der Waals surface area contributed by atoms with Crippen LogP contribution in [0, 0.1) is 5.92 Å². The molecule has 0 spiro atoms. The van der Waals surface area contributed by atoms with Gasteiger partial charge in [0.05, 0.1) is 6.54 Å². The Morgan fingerprint density at radius 2 is 2.04 bits per heavy atom. The number of furan rings is 1. The molecule has 1 aromatic heterocycles. The molecule has 2 aliphatic heterocycles. The van der Waals surface area contributed by atoms with Crippen molar-refractivity contribution in [3.8, 4) is 0 Å². The molecule has 2 fully saturated rings. The predicted octanol–water partition coefficient (Wildman–Crippen LogP) is 2.70. The normalized spacial score (nSPS) is 23.6. The largest absolute Gasteiger partial charge is 0.448 e. The fourth-order valence-corrected chi connectivity index (χ4v) is 3.89. The van der Waals surface area contributed by atoms with Crippen LogP contribution in [0.2, 0.25) is 5.22 Å². The van der Waals surface area contributed by atoms with Gasteiger partial charge in [-0.25, -0.2) is 0 Å². The molecule has 0 bridgehead atoms. The third-order valence-corrected chi connectivity index (χ3v) is 5.44. The Morgan fingerprint density at radius 3 is 2.75 bits per heavy atom. The van der Waals surface area contributed by atoms with Crippen molar-refractivity contribution in [2.75, 3.05) is 46.3 Å². The van der Waals surface area contributed by atoms with Crippen molar-refractivity contribution in [3.63, 3.8) is 0 Å². The number of hydrogen-bond acceptors (Lipinski definition) is 4. The van der Waals surface area contributed by atoms with E-state index in [0.717, 1.165) is 58.0 Å². The number of halogens is 1. The summed E-state index contributed by atoms with van der Waals surface area (Å²) in [5.74, 6) is 1.87. The van der Waals surface area contributed by atoms with E-state index in [2.05, 4.69) is 16.8 Å². The molecule has 3 heterocycles. The maximum atomic E-state index is 12.4. The number of likely N-dealkylation sites (tertiary alicyclic amines) is 1. The first-order chi connectivity index (χ1) is 11.6. The monoisotopic (exact) mass is 353 g/mol. The molecule has 1 atom stereocenters. The highest BCUT2D eigenvalue weighted by atomic mass is 35.5. The summed E-state index contributed by atoms with van der Waals surface area (Å²) in [4.78, 5) is 19.1. The van der Waals surface area contributed by atoms with Crippen molar-refractivity contribution in [1.29, 1.82) is 0 Å². The highest BCUT2D eigenvalue weighted by molar-refractivity contribution is 6.28. The summed E-state index contributed by atoms with van der Waals surface area (Å²) >= 11 is 5.84. The molecule has 0 aromatic carbocycles. The Morgan fingerprint density at radius 1 is 1.25 bits per heavy atom. The quantitative estimate of drug-likeness (QED) is 0.816. The van der Waals surface area contributed by atoms with Crippen molar-refractivity contribution < 1.29 is 9.21 Å². The number of piperidine rings is 1. The van der Waals surface area contributed by atoms with Crippen LogP contribution in [0.4, 0.5) is 0 Å². The van der Waals surface area contributed by atoms with E-state index in [4.69, 9.17) is 16.0 Å². The lowest BCUT2D eigenvalue weighted by atomic mass is 9.93. The average Bonchev–Trinajstić information content (AvgIpc) is 2.98. The van der Waals surface area contributed by atoms with Crippen LogP contribution in [0.15, 0.2) is 16.5 Å². The lowest BCUT2D eigenvalue weighted by Crippen LogP contribution is -2.47. The fraction of sp³-hybridized carbons (Fsp3) is 0.722. The summed E-state index contributed by atoms with van der Waals surface area (Å²) in [6, 6.07) is 3.75. The van der Waals surface area contributed by atoms with Gasteiger partial charge in [0, 0.05) is 39.1 Å². The van der Waals surface area contributed by atoms with Gasteiger partial charge in [-0.3, -0.25) is 9.69 Å². The van der Waals surface area contributed by atoms with E-state index in [-0.39, 0.29) is 0 Å². The maximum Gasteiger partial charge on any atom is 0.222 e. The number of piperazine rings is 1. The van der Waals surface area contributed by atoms with Gasteiger partial charge in [-0.1, -0.05) is 0 Å². The van der Waals surface area contributed by atoms with Gasteiger partial charge in [0.25, 0.3) is 0 Å². The van der Waals surface area contributed by atoms with E-state index in [1.54, 1.807) is 6.07 Å². The van der Waals surface area contributed by atoms with Gasteiger partial charge < -0.3 is 14.2 Å². The van der Waals surface area contributed by atoms with Crippen molar-refractivity contribution >= 4 is 17.5 Å². The second-order valence-electron chi connectivity index (χ2n) is 7.17. The van der Waals surface area contributed by atoms with Crippen LogP contribution in [0.3, 0.4) is 0 Å². The van der Waals surface area contributed by atoms with Crippen LogP contribution in [0.25, 0.3) is 0 Å². The molecule has 5 nitrogen and oxygen atoms in total. The molecule has 24 heavy (non-hydrogen) atoms. The number of hydrogen-bond donors (Lipinski definition) is 0. The first-order valence-corrected chi connectivity index (χ1v) is 9.41. The van der Waals surface area contributed by atoms with E-state index >= 15 is 0 Å². The lowest BCUT2D eigenvalue weighted by molar-refractivity contribution is -0.133. The smallest absolute Gasteiger partial charge is 0.222 e. The van der Waals surface area contributed by atoms with Crippen molar-refractivity contribution in [2.45, 2.75) is 32.2 Å². The van der Waals surface area contributed by atoms with Crippen molar-refractivity contribution in [1.82, 2.24) is 14.7 Å². The van der Waals surface area contributed by atoms with E-state index in [1.165, 1.54) is 12.8 Å². The molecule has 134 valence electrons. The van der Waals surface area contributed by atoms with Crippen LogP contribution in [0.1, 0.15) is 31.4 Å². The first-order valence-electron chi connectivity index (χ1n) is 9.03. The molecular weight excluding hydrogens is 326 g/mol. The number of carbonyl (C=O) groups is 1. The van der Waals surface area contributed by atoms with E-state index in [9.17, 15) is 4.79 Å². The van der Waals surface area contributed by atoms with Gasteiger partial charge in [-0.05, 0) is 62.5 Å². The van der Waals surface area contributed by atoms with Gasteiger partial charge in [0.15, 0.2) is 5.22 Å². The topological polar surface area (TPSA) is 39.9 Å². The van der Waals surface area contributed by atoms with Crippen LogP contribution in [0.5, 0.6) is 0 Å². The molecule has 0 N–H and O–H groups in total. The number of amides is 1. The Labute approximate surface area is 149 Å². The van der Waals surface area contributed by atoms with E-state index in [1.807, 2.05) is 11.0 Å². The molecule has 1 aromatic rings. The summed E-state index contributed by atoms with van der Waals surface area (Å²) in [5, 5.41) is 0.455. The Hall–Kier alpha value is -1.04.